The van der Waals surface area contributed by atoms with Gasteiger partial charge in [0.25, 0.3) is 0 Å². The predicted molar refractivity (Wildman–Crippen MR) is 105 cm³/mol. The third-order valence-corrected chi connectivity index (χ3v) is 8.17. The third kappa shape index (κ3) is 4.46. The van der Waals surface area contributed by atoms with Crippen LogP contribution in [0.1, 0.15) is 25.5 Å². The van der Waals surface area contributed by atoms with Crippen LogP contribution in [0.4, 0.5) is 5.69 Å². The summed E-state index contributed by atoms with van der Waals surface area (Å²) < 4.78 is 27.4. The Morgan fingerprint density at radius 2 is 1.92 bits per heavy atom. The van der Waals surface area contributed by atoms with E-state index in [9.17, 15) is 13.2 Å². The number of sulfonamides is 1. The van der Waals surface area contributed by atoms with Crippen molar-refractivity contribution in [1.82, 2.24) is 9.29 Å². The number of nitrogens with zero attached hydrogens (tertiary/aromatic N) is 2. The van der Waals surface area contributed by atoms with E-state index in [1.54, 1.807) is 24.3 Å². The summed E-state index contributed by atoms with van der Waals surface area (Å²) in [6, 6.07) is 6.36. The largest absolute Gasteiger partial charge is 0.325 e. The maximum Gasteiger partial charge on any atom is 0.243 e. The molecule has 1 N–H and O–H groups in total. The van der Waals surface area contributed by atoms with E-state index in [0.717, 1.165) is 22.9 Å². The number of benzene rings is 1. The molecule has 0 unspecified atom stereocenters. The summed E-state index contributed by atoms with van der Waals surface area (Å²) in [5.74, 6) is -0.141. The van der Waals surface area contributed by atoms with Crippen LogP contribution in [-0.4, -0.2) is 42.0 Å². The zero-order valence-electron chi connectivity index (χ0n) is 14.6. The second-order valence-electron chi connectivity index (χ2n) is 6.14. The number of hydrogen-bond donors (Lipinski definition) is 1. The number of carbonyl (C=O) groups is 1. The Kier molecular flexibility index (Phi) is 6.01. The van der Waals surface area contributed by atoms with E-state index >= 15 is 0 Å². The Balaban J connectivity index is 1.62. The van der Waals surface area contributed by atoms with Crippen LogP contribution in [0.3, 0.4) is 0 Å². The average Bonchev–Trinajstić information content (AvgIpc) is 3.27. The van der Waals surface area contributed by atoms with Crippen molar-refractivity contribution in [3.8, 4) is 0 Å². The molecule has 140 valence electrons. The minimum Gasteiger partial charge on any atom is -0.325 e. The standard InChI is InChI=1S/C17H21N3O3S3/c1-12-11-24-17(18-12)25-13(2)16(21)19-14-5-7-15(8-6-14)26(22,23)20-9-3-4-10-20/h5-8,11,13H,3-4,9-10H2,1-2H3,(H,19,21)/t13-/m1/s1. The van der Waals surface area contributed by atoms with Crippen LogP contribution in [-0.2, 0) is 14.8 Å². The van der Waals surface area contributed by atoms with Gasteiger partial charge in [-0.15, -0.1) is 11.3 Å². The maximum atomic E-state index is 12.5. The highest BCUT2D eigenvalue weighted by Gasteiger charge is 2.27. The zero-order valence-corrected chi connectivity index (χ0v) is 17.1. The fourth-order valence-corrected chi connectivity index (χ4v) is 6.13. The number of amides is 1. The number of thiazole rings is 1. The van der Waals surface area contributed by atoms with Crippen LogP contribution in [0.2, 0.25) is 0 Å². The molecule has 1 aliphatic rings. The highest BCUT2D eigenvalue weighted by Crippen LogP contribution is 2.27. The molecule has 0 aliphatic carbocycles. The predicted octanol–water partition coefficient (Wildman–Crippen LogP) is 3.36. The number of thioether (sulfide) groups is 1. The summed E-state index contributed by atoms with van der Waals surface area (Å²) in [7, 11) is -3.43. The molecule has 2 aromatic rings. The van der Waals surface area contributed by atoms with E-state index < -0.39 is 10.0 Å². The SMILES string of the molecule is Cc1csc(S[C@H](C)C(=O)Nc2ccc(S(=O)(=O)N3CCCC3)cc2)n1. The molecular weight excluding hydrogens is 390 g/mol. The van der Waals surface area contributed by atoms with Crippen molar-refractivity contribution in [2.24, 2.45) is 0 Å². The van der Waals surface area contributed by atoms with Gasteiger partial charge in [-0.1, -0.05) is 11.8 Å². The van der Waals surface area contributed by atoms with Crippen molar-refractivity contribution >= 4 is 44.7 Å². The molecule has 1 fully saturated rings. The summed E-state index contributed by atoms with van der Waals surface area (Å²) in [5, 5.41) is 4.48. The minimum absolute atomic E-state index is 0.141. The number of anilines is 1. The van der Waals surface area contributed by atoms with Crippen LogP contribution in [0.5, 0.6) is 0 Å². The van der Waals surface area contributed by atoms with Crippen LogP contribution >= 0.6 is 23.1 Å². The molecule has 26 heavy (non-hydrogen) atoms. The first kappa shape index (κ1) is 19.3. The van der Waals surface area contributed by atoms with Gasteiger partial charge in [-0.3, -0.25) is 4.79 Å². The summed E-state index contributed by atoms with van der Waals surface area (Å²) in [6.07, 6.45) is 1.81. The van der Waals surface area contributed by atoms with Gasteiger partial charge in [-0.25, -0.2) is 13.4 Å². The second kappa shape index (κ2) is 8.08. The van der Waals surface area contributed by atoms with E-state index in [0.29, 0.717) is 18.8 Å². The van der Waals surface area contributed by atoms with Gasteiger partial charge in [0.05, 0.1) is 10.1 Å². The van der Waals surface area contributed by atoms with E-state index in [4.69, 9.17) is 0 Å². The monoisotopic (exact) mass is 411 g/mol. The van der Waals surface area contributed by atoms with Crippen molar-refractivity contribution in [3.63, 3.8) is 0 Å². The molecule has 1 aliphatic heterocycles. The number of rotatable bonds is 6. The van der Waals surface area contributed by atoms with E-state index in [2.05, 4.69) is 10.3 Å². The Morgan fingerprint density at radius 3 is 2.50 bits per heavy atom. The lowest BCUT2D eigenvalue weighted by Crippen LogP contribution is -2.27. The van der Waals surface area contributed by atoms with Crippen molar-refractivity contribution in [2.45, 2.75) is 41.2 Å². The van der Waals surface area contributed by atoms with Crippen molar-refractivity contribution < 1.29 is 13.2 Å². The molecule has 2 heterocycles. The van der Waals surface area contributed by atoms with Gasteiger partial charge in [0.2, 0.25) is 15.9 Å². The molecular formula is C17H21N3O3S3. The number of carbonyl (C=O) groups excluding carboxylic acids is 1. The molecule has 1 atom stereocenters. The first-order chi connectivity index (χ1) is 12.4. The van der Waals surface area contributed by atoms with Crippen molar-refractivity contribution in [2.75, 3.05) is 18.4 Å². The topological polar surface area (TPSA) is 79.4 Å². The Morgan fingerprint density at radius 1 is 1.27 bits per heavy atom. The second-order valence-corrected chi connectivity index (χ2v) is 10.5. The van der Waals surface area contributed by atoms with Crippen LogP contribution < -0.4 is 5.32 Å². The number of nitrogens with one attached hydrogen (secondary N) is 1. The normalized spacial score (nSPS) is 16.5. The van der Waals surface area contributed by atoms with Crippen LogP contribution in [0.25, 0.3) is 0 Å². The quantitative estimate of drug-likeness (QED) is 0.738. The summed E-state index contributed by atoms with van der Waals surface area (Å²) in [5.41, 5.74) is 1.53. The highest BCUT2D eigenvalue weighted by atomic mass is 32.2. The Hall–Kier alpha value is -1.42. The lowest BCUT2D eigenvalue weighted by atomic mass is 10.3. The van der Waals surface area contributed by atoms with Gasteiger partial charge < -0.3 is 5.32 Å². The molecule has 3 rings (SSSR count). The number of aryl methyl sites for hydroxylation is 1. The van der Waals surface area contributed by atoms with Crippen LogP contribution in [0.15, 0.2) is 38.9 Å². The van der Waals surface area contributed by atoms with Crippen molar-refractivity contribution in [1.29, 1.82) is 0 Å². The summed E-state index contributed by atoms with van der Waals surface area (Å²) in [4.78, 5) is 16.9. The van der Waals surface area contributed by atoms with Crippen LogP contribution in [0, 0.1) is 6.92 Å². The van der Waals surface area contributed by atoms with E-state index in [-0.39, 0.29) is 16.1 Å². The molecule has 0 spiro atoms. The van der Waals surface area contributed by atoms with Gasteiger partial charge in [-0.05, 0) is 51.0 Å². The number of aromatic nitrogens is 1. The number of hydrogen-bond acceptors (Lipinski definition) is 6. The van der Waals surface area contributed by atoms with E-state index in [1.807, 2.05) is 19.2 Å². The molecule has 1 aromatic carbocycles. The van der Waals surface area contributed by atoms with Gasteiger partial charge in [0.1, 0.15) is 0 Å². The minimum atomic E-state index is -3.43. The molecule has 0 radical (unpaired) electrons. The van der Waals surface area contributed by atoms with Gasteiger partial charge in [0, 0.05) is 29.9 Å². The summed E-state index contributed by atoms with van der Waals surface area (Å²) >= 11 is 2.93. The molecule has 1 aromatic heterocycles. The molecule has 9 heteroatoms. The summed E-state index contributed by atoms with van der Waals surface area (Å²) in [6.45, 7) is 4.89. The fraction of sp³-hybridized carbons (Fsp3) is 0.412. The van der Waals surface area contributed by atoms with Gasteiger partial charge in [-0.2, -0.15) is 4.31 Å². The molecule has 1 saturated heterocycles. The van der Waals surface area contributed by atoms with E-state index in [1.165, 1.54) is 27.4 Å². The Bertz CT molecular complexity index is 872. The van der Waals surface area contributed by atoms with Crippen molar-refractivity contribution in [3.05, 3.63) is 35.3 Å². The van der Waals surface area contributed by atoms with Gasteiger partial charge in [0.15, 0.2) is 4.34 Å². The first-order valence-corrected chi connectivity index (χ1v) is 11.6. The fourth-order valence-electron chi connectivity index (χ4n) is 2.62. The molecule has 0 bridgehead atoms. The lowest BCUT2D eigenvalue weighted by molar-refractivity contribution is -0.115. The first-order valence-electron chi connectivity index (χ1n) is 8.36. The Labute approximate surface area is 162 Å². The average molecular weight is 412 g/mol. The maximum absolute atomic E-state index is 12.5. The van der Waals surface area contributed by atoms with Gasteiger partial charge >= 0.3 is 0 Å². The smallest absolute Gasteiger partial charge is 0.243 e. The highest BCUT2D eigenvalue weighted by molar-refractivity contribution is 8.02. The lowest BCUT2D eigenvalue weighted by Gasteiger charge is -2.16. The molecule has 1 amide bonds. The molecule has 0 saturated carbocycles. The third-order valence-electron chi connectivity index (χ3n) is 4.07. The molecule has 6 nitrogen and oxygen atoms in total. The zero-order chi connectivity index (χ0) is 18.7.